The van der Waals surface area contributed by atoms with Gasteiger partial charge < -0.3 is 9.40 Å². The fourth-order valence-corrected chi connectivity index (χ4v) is 3.42. The number of fused-ring (bicyclic) bond motifs is 2. The summed E-state index contributed by atoms with van der Waals surface area (Å²) in [7, 11) is 0. The number of rotatable bonds is 3. The van der Waals surface area contributed by atoms with Crippen molar-refractivity contribution in [1.82, 2.24) is 24.8 Å². The van der Waals surface area contributed by atoms with Crippen LogP contribution in [0.3, 0.4) is 0 Å². The van der Waals surface area contributed by atoms with Crippen LogP contribution in [0.4, 0.5) is 0 Å². The van der Waals surface area contributed by atoms with Gasteiger partial charge in [-0.1, -0.05) is 0 Å². The topological polar surface area (TPSA) is 70.8 Å². The van der Waals surface area contributed by atoms with Gasteiger partial charge in [-0.05, 0) is 29.8 Å². The largest absolute Gasteiger partial charge is 0.461 e. The number of aromatic nitrogens is 4. The first-order valence-corrected chi connectivity index (χ1v) is 8.39. The van der Waals surface area contributed by atoms with Crippen molar-refractivity contribution in [2.45, 2.75) is 19.5 Å². The van der Waals surface area contributed by atoms with Crippen LogP contribution in [0.5, 0.6) is 0 Å². The Kier molecular flexibility index (Phi) is 3.34. The Morgan fingerprint density at radius 2 is 2.20 bits per heavy atom. The molecule has 124 valence electrons. The highest BCUT2D eigenvalue weighted by Gasteiger charge is 2.20. The maximum absolute atomic E-state index is 5.40. The molecule has 5 rings (SSSR count). The molecule has 0 radical (unpaired) electrons. The Labute approximate surface area is 144 Å². The molecular formula is C19H17N5O. The third-order valence-corrected chi connectivity index (χ3v) is 4.69. The second-order valence-corrected chi connectivity index (χ2v) is 6.32. The summed E-state index contributed by atoms with van der Waals surface area (Å²) in [6.45, 7) is 2.74. The molecule has 0 bridgehead atoms. The first-order chi connectivity index (χ1) is 12.4. The average molecular weight is 331 g/mol. The van der Waals surface area contributed by atoms with E-state index in [0.29, 0.717) is 5.82 Å². The van der Waals surface area contributed by atoms with Crippen molar-refractivity contribution in [1.29, 1.82) is 0 Å². The van der Waals surface area contributed by atoms with Gasteiger partial charge in [0.2, 0.25) is 0 Å². The molecule has 4 aromatic heterocycles. The van der Waals surface area contributed by atoms with E-state index in [4.69, 9.17) is 4.42 Å². The number of hydrogen-bond donors (Lipinski definition) is 1. The van der Waals surface area contributed by atoms with Gasteiger partial charge in [0, 0.05) is 55.6 Å². The summed E-state index contributed by atoms with van der Waals surface area (Å²) in [5.41, 5.74) is 4.54. The first kappa shape index (κ1) is 14.4. The SMILES string of the molecule is c1coc(-c2ncc3c(n2)CCN(Cc2c[nH]c4ncccc24)C3)c1. The lowest BCUT2D eigenvalue weighted by Crippen LogP contribution is -2.30. The molecule has 6 heteroatoms. The van der Waals surface area contributed by atoms with Crippen LogP contribution in [-0.2, 0) is 19.5 Å². The fraction of sp³-hybridized carbons (Fsp3) is 0.211. The summed E-state index contributed by atoms with van der Waals surface area (Å²) in [5, 5.41) is 1.19. The summed E-state index contributed by atoms with van der Waals surface area (Å²) < 4.78 is 5.40. The number of furan rings is 1. The van der Waals surface area contributed by atoms with Crippen LogP contribution in [0.25, 0.3) is 22.6 Å². The Hall–Kier alpha value is -2.99. The van der Waals surface area contributed by atoms with Gasteiger partial charge in [-0.25, -0.2) is 15.0 Å². The molecule has 1 aliphatic rings. The van der Waals surface area contributed by atoms with Crippen molar-refractivity contribution in [3.63, 3.8) is 0 Å². The van der Waals surface area contributed by atoms with Crippen molar-refractivity contribution in [3.8, 4) is 11.6 Å². The number of H-pyrrole nitrogens is 1. The molecule has 0 saturated heterocycles. The van der Waals surface area contributed by atoms with Crippen LogP contribution in [0.1, 0.15) is 16.8 Å². The highest BCUT2D eigenvalue weighted by atomic mass is 16.3. The minimum atomic E-state index is 0.667. The van der Waals surface area contributed by atoms with Gasteiger partial charge in [-0.15, -0.1) is 0 Å². The van der Waals surface area contributed by atoms with E-state index in [2.05, 4.69) is 37.1 Å². The minimum absolute atomic E-state index is 0.667. The van der Waals surface area contributed by atoms with E-state index in [1.807, 2.05) is 30.6 Å². The van der Waals surface area contributed by atoms with E-state index < -0.39 is 0 Å². The van der Waals surface area contributed by atoms with E-state index in [1.54, 1.807) is 6.26 Å². The lowest BCUT2D eigenvalue weighted by Gasteiger charge is -2.27. The van der Waals surface area contributed by atoms with Crippen molar-refractivity contribution in [3.05, 3.63) is 65.9 Å². The van der Waals surface area contributed by atoms with E-state index in [-0.39, 0.29) is 0 Å². The Balaban J connectivity index is 1.37. The predicted molar refractivity (Wildman–Crippen MR) is 93.6 cm³/mol. The van der Waals surface area contributed by atoms with Crippen molar-refractivity contribution < 1.29 is 4.42 Å². The minimum Gasteiger partial charge on any atom is -0.461 e. The molecule has 0 fully saturated rings. The van der Waals surface area contributed by atoms with Crippen molar-refractivity contribution in [2.75, 3.05) is 6.54 Å². The molecule has 0 spiro atoms. The lowest BCUT2D eigenvalue weighted by molar-refractivity contribution is 0.244. The van der Waals surface area contributed by atoms with Crippen LogP contribution in [0, 0.1) is 0 Å². The highest BCUT2D eigenvalue weighted by molar-refractivity contribution is 5.79. The third-order valence-electron chi connectivity index (χ3n) is 4.69. The predicted octanol–water partition coefficient (Wildman–Crippen LogP) is 3.17. The molecule has 5 heterocycles. The van der Waals surface area contributed by atoms with E-state index in [9.17, 15) is 0 Å². The summed E-state index contributed by atoms with van der Waals surface area (Å²) in [5.74, 6) is 1.39. The van der Waals surface area contributed by atoms with E-state index >= 15 is 0 Å². The monoisotopic (exact) mass is 331 g/mol. The zero-order valence-electron chi connectivity index (χ0n) is 13.6. The second-order valence-electron chi connectivity index (χ2n) is 6.32. The molecule has 0 aliphatic carbocycles. The molecule has 25 heavy (non-hydrogen) atoms. The zero-order chi connectivity index (χ0) is 16.6. The summed E-state index contributed by atoms with van der Waals surface area (Å²) in [6, 6.07) is 7.85. The lowest BCUT2D eigenvalue weighted by atomic mass is 10.1. The number of pyridine rings is 1. The standard InChI is InChI=1S/C19H17N5O/c1-3-15-13(9-21-18(15)20-6-1)11-24-7-5-16-14(12-24)10-22-19(23-16)17-4-2-8-25-17/h1-4,6,8-10H,5,7,11-12H2,(H,20,21). The zero-order valence-corrected chi connectivity index (χ0v) is 13.6. The van der Waals surface area contributed by atoms with E-state index in [1.165, 1.54) is 16.5 Å². The summed E-state index contributed by atoms with van der Waals surface area (Å²) >= 11 is 0. The quantitative estimate of drug-likeness (QED) is 0.624. The molecular weight excluding hydrogens is 314 g/mol. The summed E-state index contributed by atoms with van der Waals surface area (Å²) in [4.78, 5) is 19.2. The normalized spacial score (nSPS) is 14.7. The molecule has 0 amide bonds. The molecule has 0 atom stereocenters. The maximum Gasteiger partial charge on any atom is 0.195 e. The van der Waals surface area contributed by atoms with Gasteiger partial charge in [0.05, 0.1) is 12.0 Å². The first-order valence-electron chi connectivity index (χ1n) is 8.39. The Morgan fingerprint density at radius 1 is 1.20 bits per heavy atom. The molecule has 0 aromatic carbocycles. The number of nitrogens with one attached hydrogen (secondary N) is 1. The van der Waals surface area contributed by atoms with Crippen molar-refractivity contribution >= 4 is 11.0 Å². The van der Waals surface area contributed by atoms with Gasteiger partial charge in [-0.3, -0.25) is 4.90 Å². The molecule has 6 nitrogen and oxygen atoms in total. The number of aromatic amines is 1. The van der Waals surface area contributed by atoms with Gasteiger partial charge in [0.1, 0.15) is 5.65 Å². The van der Waals surface area contributed by atoms with Crippen LogP contribution >= 0.6 is 0 Å². The summed E-state index contributed by atoms with van der Waals surface area (Å²) in [6.07, 6.45) is 8.38. The Morgan fingerprint density at radius 3 is 3.12 bits per heavy atom. The third kappa shape index (κ3) is 2.60. The number of nitrogens with zero attached hydrogens (tertiary/aromatic N) is 4. The van der Waals surface area contributed by atoms with Crippen LogP contribution in [0.15, 0.2) is 53.5 Å². The van der Waals surface area contributed by atoms with Gasteiger partial charge >= 0.3 is 0 Å². The molecule has 0 unspecified atom stereocenters. The molecule has 1 aliphatic heterocycles. The average Bonchev–Trinajstić information content (AvgIpc) is 3.32. The van der Waals surface area contributed by atoms with Crippen LogP contribution < -0.4 is 0 Å². The van der Waals surface area contributed by atoms with Crippen molar-refractivity contribution in [2.24, 2.45) is 0 Å². The van der Waals surface area contributed by atoms with Crippen LogP contribution in [0.2, 0.25) is 0 Å². The second kappa shape index (κ2) is 5.82. The van der Waals surface area contributed by atoms with Gasteiger partial charge in [0.25, 0.3) is 0 Å². The molecule has 4 aromatic rings. The van der Waals surface area contributed by atoms with Crippen LogP contribution in [-0.4, -0.2) is 31.4 Å². The van der Waals surface area contributed by atoms with Gasteiger partial charge in [0.15, 0.2) is 11.6 Å². The van der Waals surface area contributed by atoms with E-state index in [0.717, 1.165) is 43.2 Å². The molecule has 1 N–H and O–H groups in total. The number of hydrogen-bond acceptors (Lipinski definition) is 5. The smallest absolute Gasteiger partial charge is 0.195 e. The molecule has 0 saturated carbocycles. The maximum atomic E-state index is 5.40. The fourth-order valence-electron chi connectivity index (χ4n) is 3.42. The highest BCUT2D eigenvalue weighted by Crippen LogP contribution is 2.24. The Bertz CT molecular complexity index is 1020. The van der Waals surface area contributed by atoms with Gasteiger partial charge in [-0.2, -0.15) is 0 Å².